The molecule has 0 aliphatic carbocycles. The van der Waals surface area contributed by atoms with Gasteiger partial charge >= 0.3 is 0 Å². The zero-order valence-corrected chi connectivity index (χ0v) is 17.9. The molecule has 0 atom stereocenters. The highest BCUT2D eigenvalue weighted by Gasteiger charge is 2.29. The van der Waals surface area contributed by atoms with E-state index in [1.54, 1.807) is 23.5 Å². The topological polar surface area (TPSA) is 49.9 Å². The van der Waals surface area contributed by atoms with Gasteiger partial charge in [-0.25, -0.2) is 8.42 Å². The van der Waals surface area contributed by atoms with Crippen molar-refractivity contribution in [2.24, 2.45) is 0 Å². The Kier molecular flexibility index (Phi) is 6.18. The van der Waals surface area contributed by atoms with Crippen LogP contribution in [0.15, 0.2) is 77.7 Å². The van der Waals surface area contributed by atoms with Crippen LogP contribution in [-0.4, -0.2) is 57.5 Å². The number of fused-ring (bicyclic) bond motifs is 1. The highest BCUT2D eigenvalue weighted by Crippen LogP contribution is 2.32. The van der Waals surface area contributed by atoms with Crippen molar-refractivity contribution in [1.82, 2.24) is 9.21 Å². The Morgan fingerprint density at radius 3 is 2.23 bits per heavy atom. The maximum absolute atomic E-state index is 13.4. The van der Waals surface area contributed by atoms with Gasteiger partial charge in [-0.1, -0.05) is 66.7 Å². The van der Waals surface area contributed by atoms with Gasteiger partial charge in [-0.15, -0.1) is 0 Å². The molecule has 0 amide bonds. The minimum atomic E-state index is -3.57. The summed E-state index contributed by atoms with van der Waals surface area (Å²) in [6.07, 6.45) is 4.24. The molecule has 0 saturated carbocycles. The molecule has 5 nitrogen and oxygen atoms in total. The van der Waals surface area contributed by atoms with E-state index in [1.165, 1.54) is 5.56 Å². The summed E-state index contributed by atoms with van der Waals surface area (Å²) in [6.45, 7) is 3.22. The molecular weight excluding hydrogens is 396 g/mol. The van der Waals surface area contributed by atoms with E-state index in [2.05, 4.69) is 29.2 Å². The predicted molar refractivity (Wildman–Crippen MR) is 121 cm³/mol. The molecule has 0 N–H and O–H groups in total. The number of ether oxygens (including phenoxy) is 1. The Bertz CT molecular complexity index is 1140. The highest BCUT2D eigenvalue weighted by molar-refractivity contribution is 7.89. The second kappa shape index (κ2) is 9.00. The first-order valence-electron chi connectivity index (χ1n) is 10.1. The average Bonchev–Trinajstić information content (AvgIpc) is 2.79. The number of nitrogens with zero attached hydrogens (tertiary/aromatic N) is 2. The van der Waals surface area contributed by atoms with Crippen LogP contribution in [-0.2, 0) is 10.0 Å². The van der Waals surface area contributed by atoms with Crippen molar-refractivity contribution in [3.05, 3.63) is 78.4 Å². The van der Waals surface area contributed by atoms with E-state index >= 15 is 0 Å². The van der Waals surface area contributed by atoms with E-state index in [-0.39, 0.29) is 0 Å². The van der Waals surface area contributed by atoms with Crippen molar-refractivity contribution >= 4 is 26.9 Å². The first-order valence-corrected chi connectivity index (χ1v) is 11.5. The third-order valence-electron chi connectivity index (χ3n) is 5.49. The molecule has 0 bridgehead atoms. The molecule has 1 fully saturated rings. The Hall–Kier alpha value is -2.67. The first-order chi connectivity index (χ1) is 14.6. The normalized spacial score (nSPS) is 16.3. The average molecular weight is 423 g/mol. The summed E-state index contributed by atoms with van der Waals surface area (Å²) in [7, 11) is -1.97. The van der Waals surface area contributed by atoms with Crippen LogP contribution in [0.5, 0.6) is 5.75 Å². The van der Waals surface area contributed by atoms with E-state index in [9.17, 15) is 8.42 Å². The second-order valence-electron chi connectivity index (χ2n) is 7.33. The summed E-state index contributed by atoms with van der Waals surface area (Å²) in [5, 5.41) is 1.51. The number of rotatable bonds is 6. The third-order valence-corrected chi connectivity index (χ3v) is 7.44. The van der Waals surface area contributed by atoms with Gasteiger partial charge in [0.2, 0.25) is 10.0 Å². The fraction of sp³-hybridized carbons (Fsp3) is 0.250. The lowest BCUT2D eigenvalue weighted by molar-refractivity contribution is 0.204. The Morgan fingerprint density at radius 1 is 0.867 bits per heavy atom. The SMILES string of the molecule is COc1ccc(S(=O)(=O)N2CCN(C/C=C/c3ccccc3)CC2)c2ccccc12. The van der Waals surface area contributed by atoms with Crippen molar-refractivity contribution in [2.75, 3.05) is 39.8 Å². The molecule has 1 aliphatic rings. The van der Waals surface area contributed by atoms with Crippen LogP contribution >= 0.6 is 0 Å². The smallest absolute Gasteiger partial charge is 0.243 e. The lowest BCUT2D eigenvalue weighted by Gasteiger charge is -2.33. The summed E-state index contributed by atoms with van der Waals surface area (Å²) < 4.78 is 33.7. The zero-order chi connectivity index (χ0) is 21.0. The van der Waals surface area contributed by atoms with E-state index in [0.717, 1.165) is 11.9 Å². The quantitative estimate of drug-likeness (QED) is 0.605. The van der Waals surface area contributed by atoms with Crippen LogP contribution in [0.3, 0.4) is 0 Å². The number of hydrogen-bond acceptors (Lipinski definition) is 4. The van der Waals surface area contributed by atoms with Gasteiger partial charge in [0, 0.05) is 43.5 Å². The van der Waals surface area contributed by atoms with Gasteiger partial charge in [0.1, 0.15) is 5.75 Å². The standard InChI is InChI=1S/C24H26N2O3S/c1-29-23-13-14-24(22-12-6-5-11-21(22)23)30(27,28)26-18-16-25(17-19-26)15-7-10-20-8-3-2-4-9-20/h2-14H,15-19H2,1H3/b10-7+. The summed E-state index contributed by atoms with van der Waals surface area (Å²) in [5.74, 6) is 0.680. The predicted octanol–water partition coefficient (Wildman–Crippen LogP) is 3.87. The maximum atomic E-state index is 13.4. The fourth-order valence-electron chi connectivity index (χ4n) is 3.84. The molecule has 30 heavy (non-hydrogen) atoms. The van der Waals surface area contributed by atoms with E-state index in [1.807, 2.05) is 42.5 Å². The van der Waals surface area contributed by atoms with Gasteiger partial charge in [-0.2, -0.15) is 4.31 Å². The van der Waals surface area contributed by atoms with Gasteiger partial charge in [0.15, 0.2) is 0 Å². The summed E-state index contributed by atoms with van der Waals surface area (Å²) in [5.41, 5.74) is 1.17. The second-order valence-corrected chi connectivity index (χ2v) is 9.24. The fourth-order valence-corrected chi connectivity index (χ4v) is 5.46. The minimum Gasteiger partial charge on any atom is -0.496 e. The number of hydrogen-bond donors (Lipinski definition) is 0. The van der Waals surface area contributed by atoms with Crippen molar-refractivity contribution in [3.8, 4) is 5.75 Å². The number of benzene rings is 3. The maximum Gasteiger partial charge on any atom is 0.243 e. The summed E-state index contributed by atoms with van der Waals surface area (Å²) in [4.78, 5) is 2.62. The largest absolute Gasteiger partial charge is 0.496 e. The molecule has 1 heterocycles. The van der Waals surface area contributed by atoms with Gasteiger partial charge in [0.25, 0.3) is 0 Å². The Balaban J connectivity index is 1.46. The Labute approximate surface area is 178 Å². The Morgan fingerprint density at radius 2 is 1.53 bits per heavy atom. The van der Waals surface area contributed by atoms with E-state index in [4.69, 9.17) is 4.74 Å². The molecule has 4 rings (SSSR count). The molecule has 0 unspecified atom stereocenters. The summed E-state index contributed by atoms with van der Waals surface area (Å²) >= 11 is 0. The van der Waals surface area contributed by atoms with Gasteiger partial charge in [-0.05, 0) is 17.7 Å². The van der Waals surface area contributed by atoms with Crippen molar-refractivity contribution in [2.45, 2.75) is 4.90 Å². The molecule has 1 aliphatic heterocycles. The monoisotopic (exact) mass is 422 g/mol. The van der Waals surface area contributed by atoms with Crippen LogP contribution in [0.2, 0.25) is 0 Å². The number of sulfonamides is 1. The third kappa shape index (κ3) is 4.26. The number of piperazine rings is 1. The van der Waals surface area contributed by atoms with Crippen LogP contribution in [0, 0.1) is 0 Å². The molecule has 3 aromatic carbocycles. The molecule has 0 aromatic heterocycles. The van der Waals surface area contributed by atoms with E-state index < -0.39 is 10.0 Å². The van der Waals surface area contributed by atoms with Crippen LogP contribution in [0.25, 0.3) is 16.8 Å². The van der Waals surface area contributed by atoms with Gasteiger partial charge < -0.3 is 4.74 Å². The van der Waals surface area contributed by atoms with Crippen molar-refractivity contribution < 1.29 is 13.2 Å². The number of methoxy groups -OCH3 is 1. The van der Waals surface area contributed by atoms with Crippen molar-refractivity contribution in [3.63, 3.8) is 0 Å². The van der Waals surface area contributed by atoms with Crippen molar-refractivity contribution in [1.29, 1.82) is 0 Å². The molecule has 1 saturated heterocycles. The van der Waals surface area contributed by atoms with Crippen LogP contribution < -0.4 is 4.74 Å². The minimum absolute atomic E-state index is 0.344. The zero-order valence-electron chi connectivity index (χ0n) is 17.1. The lowest BCUT2D eigenvalue weighted by atomic mass is 10.1. The van der Waals surface area contributed by atoms with Gasteiger partial charge in [-0.3, -0.25) is 4.90 Å². The lowest BCUT2D eigenvalue weighted by Crippen LogP contribution is -2.48. The molecule has 156 valence electrons. The molecule has 0 spiro atoms. The highest BCUT2D eigenvalue weighted by atomic mass is 32.2. The molecule has 0 radical (unpaired) electrons. The molecule has 6 heteroatoms. The summed E-state index contributed by atoms with van der Waals surface area (Å²) in [6, 6.07) is 21.1. The van der Waals surface area contributed by atoms with Crippen LogP contribution in [0.1, 0.15) is 5.56 Å². The van der Waals surface area contributed by atoms with Gasteiger partial charge in [0.05, 0.1) is 12.0 Å². The first kappa shape index (κ1) is 20.6. The van der Waals surface area contributed by atoms with Crippen LogP contribution in [0.4, 0.5) is 0 Å². The van der Waals surface area contributed by atoms with E-state index in [0.29, 0.717) is 42.2 Å². The molecule has 3 aromatic rings. The molecular formula is C24H26N2O3S.